The van der Waals surface area contributed by atoms with E-state index in [1.54, 1.807) is 18.2 Å². The van der Waals surface area contributed by atoms with Gasteiger partial charge in [-0.1, -0.05) is 6.07 Å². The van der Waals surface area contributed by atoms with E-state index in [9.17, 15) is 14.7 Å². The minimum absolute atomic E-state index is 0.0566. The number of benzene rings is 1. The first-order chi connectivity index (χ1) is 11.0. The van der Waals surface area contributed by atoms with Gasteiger partial charge in [0.2, 0.25) is 5.91 Å². The molecule has 0 radical (unpaired) electrons. The van der Waals surface area contributed by atoms with Crippen molar-refractivity contribution < 1.29 is 29.3 Å². The van der Waals surface area contributed by atoms with Gasteiger partial charge in [0.05, 0.1) is 32.1 Å². The minimum atomic E-state index is -0.984. The molecule has 1 fully saturated rings. The normalized spacial score (nSPS) is 18.9. The lowest BCUT2D eigenvalue weighted by Gasteiger charge is -2.26. The number of amides is 1. The molecule has 2 rings (SSSR count). The van der Waals surface area contributed by atoms with Crippen LogP contribution in [0.2, 0.25) is 0 Å². The van der Waals surface area contributed by atoms with Crippen LogP contribution in [0.5, 0.6) is 11.5 Å². The lowest BCUT2D eigenvalue weighted by Crippen LogP contribution is -2.37. The van der Waals surface area contributed by atoms with Crippen LogP contribution in [-0.2, 0) is 9.59 Å². The summed E-state index contributed by atoms with van der Waals surface area (Å²) < 4.78 is 10.3. The molecule has 1 amide bonds. The first kappa shape index (κ1) is 17.6. The summed E-state index contributed by atoms with van der Waals surface area (Å²) in [7, 11) is 1.46. The van der Waals surface area contributed by atoms with E-state index in [4.69, 9.17) is 14.6 Å². The van der Waals surface area contributed by atoms with Crippen LogP contribution in [0.3, 0.4) is 0 Å². The highest BCUT2D eigenvalue weighted by atomic mass is 32.2. The van der Waals surface area contributed by atoms with Crippen molar-refractivity contribution in [1.82, 2.24) is 4.90 Å². The van der Waals surface area contributed by atoms with E-state index in [1.165, 1.54) is 30.7 Å². The number of hydrogen-bond acceptors (Lipinski definition) is 7. The van der Waals surface area contributed by atoms with Gasteiger partial charge in [0, 0.05) is 6.92 Å². The van der Waals surface area contributed by atoms with Gasteiger partial charge in [0.25, 0.3) is 0 Å². The zero-order valence-electron chi connectivity index (χ0n) is 12.9. The molecule has 7 nitrogen and oxygen atoms in total. The van der Waals surface area contributed by atoms with E-state index in [-0.39, 0.29) is 17.8 Å². The van der Waals surface area contributed by atoms with Crippen LogP contribution in [0.1, 0.15) is 17.9 Å². The van der Waals surface area contributed by atoms with E-state index in [0.29, 0.717) is 17.3 Å². The fourth-order valence-electron chi connectivity index (χ4n) is 2.29. The number of ether oxygens (including phenoxy) is 2. The molecule has 2 atom stereocenters. The zero-order valence-corrected chi connectivity index (χ0v) is 13.7. The average molecular weight is 341 g/mol. The maximum atomic E-state index is 12.0. The Morgan fingerprint density at radius 3 is 2.83 bits per heavy atom. The first-order valence-corrected chi connectivity index (χ1v) is 8.07. The Bertz CT molecular complexity index is 593. The van der Waals surface area contributed by atoms with Crippen LogP contribution in [0, 0.1) is 0 Å². The Morgan fingerprint density at radius 1 is 1.48 bits per heavy atom. The number of thioether (sulfide) groups is 1. The molecule has 1 aromatic rings. The van der Waals surface area contributed by atoms with E-state index in [0.717, 1.165) is 5.56 Å². The van der Waals surface area contributed by atoms with E-state index < -0.39 is 18.7 Å². The lowest BCUT2D eigenvalue weighted by atomic mass is 10.1. The molecule has 0 aromatic heterocycles. The number of nitrogens with zero attached hydrogens (tertiary/aromatic N) is 1. The van der Waals surface area contributed by atoms with E-state index in [2.05, 4.69) is 0 Å². The van der Waals surface area contributed by atoms with Gasteiger partial charge in [-0.15, -0.1) is 11.8 Å². The van der Waals surface area contributed by atoms with Gasteiger partial charge in [-0.2, -0.15) is 0 Å². The summed E-state index contributed by atoms with van der Waals surface area (Å²) in [6.45, 7) is 0.952. The van der Waals surface area contributed by atoms with Gasteiger partial charge in [-0.25, -0.2) is 0 Å². The third kappa shape index (κ3) is 4.15. The number of carbonyl (C=O) groups excluding carboxylic acids is 2. The topological polar surface area (TPSA) is 96.3 Å². The van der Waals surface area contributed by atoms with Crippen molar-refractivity contribution in [3.63, 3.8) is 0 Å². The standard InChI is InChI=1S/C15H19NO6S/c1-9(18)22-12-4-3-10(5-13(12)21-2)15-16(6-11(19)7-17)14(20)8-23-15/h3-5,11,15,17,19H,6-8H2,1-2H3. The second-order valence-corrected chi connectivity index (χ2v) is 6.12. The molecule has 1 aliphatic rings. The molecule has 0 aliphatic carbocycles. The highest BCUT2D eigenvalue weighted by molar-refractivity contribution is 8.00. The lowest BCUT2D eigenvalue weighted by molar-refractivity contribution is -0.132. The molecule has 0 saturated carbocycles. The zero-order chi connectivity index (χ0) is 17.0. The van der Waals surface area contributed by atoms with Crippen LogP contribution < -0.4 is 9.47 Å². The van der Waals surface area contributed by atoms with Crippen LogP contribution in [0.4, 0.5) is 0 Å². The Hall–Kier alpha value is -1.77. The van der Waals surface area contributed by atoms with Crippen molar-refractivity contribution in [2.75, 3.05) is 26.0 Å². The number of carbonyl (C=O) groups is 2. The third-order valence-corrected chi connectivity index (χ3v) is 4.57. The molecule has 1 aliphatic heterocycles. The second-order valence-electron chi connectivity index (χ2n) is 5.05. The van der Waals surface area contributed by atoms with Crippen molar-refractivity contribution in [3.05, 3.63) is 23.8 Å². The molecular weight excluding hydrogens is 322 g/mol. The van der Waals surface area contributed by atoms with Crippen molar-refractivity contribution in [3.8, 4) is 11.5 Å². The molecule has 0 spiro atoms. The van der Waals surface area contributed by atoms with Gasteiger partial charge in [0.15, 0.2) is 11.5 Å². The van der Waals surface area contributed by atoms with E-state index >= 15 is 0 Å². The minimum Gasteiger partial charge on any atom is -0.493 e. The monoisotopic (exact) mass is 341 g/mol. The number of β-amino-alcohol motifs (C(OH)–C–C–N with tert-alkyl or cyclic N) is 1. The van der Waals surface area contributed by atoms with Gasteiger partial charge in [0.1, 0.15) is 5.37 Å². The summed E-state index contributed by atoms with van der Waals surface area (Å²) in [6, 6.07) is 5.06. The van der Waals surface area contributed by atoms with Crippen molar-refractivity contribution >= 4 is 23.6 Å². The summed E-state index contributed by atoms with van der Waals surface area (Å²) in [4.78, 5) is 24.6. The van der Waals surface area contributed by atoms with Crippen molar-refractivity contribution in [1.29, 1.82) is 0 Å². The number of hydrogen-bond donors (Lipinski definition) is 2. The maximum absolute atomic E-state index is 12.0. The SMILES string of the molecule is COc1cc(C2SCC(=O)N2CC(O)CO)ccc1OC(C)=O. The summed E-state index contributed by atoms with van der Waals surface area (Å²) in [5, 5.41) is 18.3. The second kappa shape index (κ2) is 7.67. The van der Waals surface area contributed by atoms with Crippen LogP contribution >= 0.6 is 11.8 Å². The highest BCUT2D eigenvalue weighted by Crippen LogP contribution is 2.41. The molecule has 2 unspecified atom stereocenters. The highest BCUT2D eigenvalue weighted by Gasteiger charge is 2.34. The number of esters is 1. The van der Waals surface area contributed by atoms with Crippen molar-refractivity contribution in [2.24, 2.45) is 0 Å². The molecule has 23 heavy (non-hydrogen) atoms. The fourth-order valence-corrected chi connectivity index (χ4v) is 3.48. The van der Waals surface area contributed by atoms with Crippen LogP contribution in [0.15, 0.2) is 18.2 Å². The molecule has 1 heterocycles. The molecule has 1 aromatic carbocycles. The Morgan fingerprint density at radius 2 is 2.22 bits per heavy atom. The summed E-state index contributed by atoms with van der Waals surface area (Å²) >= 11 is 1.42. The van der Waals surface area contributed by atoms with E-state index in [1.807, 2.05) is 0 Å². The largest absolute Gasteiger partial charge is 0.493 e. The van der Waals surface area contributed by atoms with Crippen molar-refractivity contribution in [2.45, 2.75) is 18.4 Å². The first-order valence-electron chi connectivity index (χ1n) is 7.02. The number of aliphatic hydroxyl groups excluding tert-OH is 2. The molecule has 2 N–H and O–H groups in total. The Kier molecular flexibility index (Phi) is 5.86. The molecular formula is C15H19NO6S. The Balaban J connectivity index is 2.25. The van der Waals surface area contributed by atoms with Crippen LogP contribution in [0.25, 0.3) is 0 Å². The summed E-state index contributed by atoms with van der Waals surface area (Å²) in [6.07, 6.45) is -0.984. The quantitative estimate of drug-likeness (QED) is 0.576. The number of methoxy groups -OCH3 is 1. The molecule has 0 bridgehead atoms. The predicted molar refractivity (Wildman–Crippen MR) is 84.3 cm³/mol. The van der Waals surface area contributed by atoms with Gasteiger partial charge < -0.3 is 24.6 Å². The van der Waals surface area contributed by atoms with Crippen LogP contribution in [-0.4, -0.2) is 59.1 Å². The smallest absolute Gasteiger partial charge is 0.308 e. The fraction of sp³-hybridized carbons (Fsp3) is 0.467. The van der Waals surface area contributed by atoms with Gasteiger partial charge >= 0.3 is 5.97 Å². The molecule has 1 saturated heterocycles. The third-order valence-electron chi connectivity index (χ3n) is 3.31. The number of aliphatic hydroxyl groups is 2. The maximum Gasteiger partial charge on any atom is 0.308 e. The van der Waals surface area contributed by atoms with Gasteiger partial charge in [-0.3, -0.25) is 9.59 Å². The summed E-state index contributed by atoms with van der Waals surface area (Å²) in [5.74, 6) is 0.446. The predicted octanol–water partition coefficient (Wildman–Crippen LogP) is 0.548. The molecule has 8 heteroatoms. The number of rotatable bonds is 6. The molecule has 126 valence electrons. The Labute approximate surface area is 138 Å². The average Bonchev–Trinajstić information content (AvgIpc) is 2.88. The van der Waals surface area contributed by atoms with Gasteiger partial charge in [-0.05, 0) is 17.7 Å². The summed E-state index contributed by atoms with van der Waals surface area (Å²) in [5.41, 5.74) is 0.791.